The molecule has 0 radical (unpaired) electrons. The first-order chi connectivity index (χ1) is 10.1. The van der Waals surface area contributed by atoms with Crippen LogP contribution in [0.15, 0.2) is 36.5 Å². The Morgan fingerprint density at radius 1 is 1.29 bits per heavy atom. The summed E-state index contributed by atoms with van der Waals surface area (Å²) >= 11 is 5.93. The molecule has 0 bridgehead atoms. The third-order valence-electron chi connectivity index (χ3n) is 3.40. The van der Waals surface area contributed by atoms with Crippen molar-refractivity contribution in [1.82, 2.24) is 20.2 Å². The lowest BCUT2D eigenvalue weighted by atomic mass is 9.93. The van der Waals surface area contributed by atoms with Crippen molar-refractivity contribution < 1.29 is 5.11 Å². The minimum absolute atomic E-state index is 0.0992. The van der Waals surface area contributed by atoms with Gasteiger partial charge < -0.3 is 10.4 Å². The molecule has 0 fully saturated rings. The molecular formula is C14H14ClN5O. The van der Waals surface area contributed by atoms with Crippen molar-refractivity contribution in [2.75, 3.05) is 11.9 Å². The van der Waals surface area contributed by atoms with Crippen molar-refractivity contribution >= 4 is 28.5 Å². The summed E-state index contributed by atoms with van der Waals surface area (Å²) in [4.78, 5) is 8.26. The lowest BCUT2D eigenvalue weighted by Gasteiger charge is -2.30. The number of halogens is 1. The van der Waals surface area contributed by atoms with Gasteiger partial charge in [0.15, 0.2) is 5.65 Å². The fraction of sp³-hybridized carbons (Fsp3) is 0.214. The van der Waals surface area contributed by atoms with Crippen LogP contribution in [0.4, 0.5) is 5.82 Å². The van der Waals surface area contributed by atoms with Crippen LogP contribution in [0.5, 0.6) is 0 Å². The zero-order chi connectivity index (χ0) is 14.9. The second-order valence-corrected chi connectivity index (χ2v) is 5.29. The number of benzene rings is 1. The van der Waals surface area contributed by atoms with Gasteiger partial charge in [-0.3, -0.25) is 5.10 Å². The van der Waals surface area contributed by atoms with Crippen molar-refractivity contribution in [2.24, 2.45) is 0 Å². The van der Waals surface area contributed by atoms with Gasteiger partial charge in [0.25, 0.3) is 0 Å². The first kappa shape index (κ1) is 13.8. The number of anilines is 1. The maximum Gasteiger partial charge on any atom is 0.226 e. The van der Waals surface area contributed by atoms with E-state index in [0.29, 0.717) is 11.5 Å². The lowest BCUT2D eigenvalue weighted by Crippen LogP contribution is -2.36. The van der Waals surface area contributed by atoms with Crippen LogP contribution in [0.2, 0.25) is 5.28 Å². The molecule has 0 spiro atoms. The van der Waals surface area contributed by atoms with Gasteiger partial charge in [-0.2, -0.15) is 15.1 Å². The van der Waals surface area contributed by atoms with Crippen molar-refractivity contribution in [3.63, 3.8) is 0 Å². The molecule has 6 nitrogen and oxygen atoms in total. The van der Waals surface area contributed by atoms with Gasteiger partial charge in [0, 0.05) is 0 Å². The molecule has 0 saturated heterocycles. The van der Waals surface area contributed by atoms with E-state index in [2.05, 4.69) is 25.5 Å². The normalized spacial score (nSPS) is 14.0. The molecule has 21 heavy (non-hydrogen) atoms. The number of nitrogens with one attached hydrogen (secondary N) is 2. The zero-order valence-corrected chi connectivity index (χ0v) is 12.1. The third kappa shape index (κ3) is 2.55. The Morgan fingerprint density at radius 3 is 2.76 bits per heavy atom. The SMILES string of the molecule is CC(CO)(Nc1nc(Cl)nc2[nH]ncc12)c1ccccc1. The number of hydrogen-bond acceptors (Lipinski definition) is 5. The number of fused-ring (bicyclic) bond motifs is 1. The van der Waals surface area contributed by atoms with E-state index in [1.54, 1.807) is 6.20 Å². The molecule has 0 saturated carbocycles. The molecule has 3 N–H and O–H groups in total. The average molecular weight is 304 g/mol. The standard InChI is InChI=1S/C14H14ClN5O/c1-14(8-21,9-5-3-2-4-6-9)19-11-10-7-16-20-12(10)18-13(15)17-11/h2-7,21H,8H2,1H3,(H2,16,17,18,19,20). The minimum atomic E-state index is -0.691. The largest absolute Gasteiger partial charge is 0.394 e. The molecule has 0 amide bonds. The molecule has 7 heteroatoms. The van der Waals surface area contributed by atoms with E-state index in [4.69, 9.17) is 11.6 Å². The quantitative estimate of drug-likeness (QED) is 0.644. The van der Waals surface area contributed by atoms with Crippen LogP contribution in [-0.4, -0.2) is 31.9 Å². The summed E-state index contributed by atoms with van der Waals surface area (Å²) in [5.41, 5.74) is 0.799. The van der Waals surface area contributed by atoms with Gasteiger partial charge in [0.05, 0.1) is 23.7 Å². The number of aromatic nitrogens is 4. The molecule has 108 valence electrons. The molecular weight excluding hydrogens is 290 g/mol. The van der Waals surface area contributed by atoms with Crippen LogP contribution in [-0.2, 0) is 5.54 Å². The fourth-order valence-corrected chi connectivity index (χ4v) is 2.34. The van der Waals surface area contributed by atoms with Crippen molar-refractivity contribution in [3.8, 4) is 0 Å². The second kappa shape index (κ2) is 5.31. The van der Waals surface area contributed by atoms with E-state index in [1.807, 2.05) is 37.3 Å². The van der Waals surface area contributed by atoms with Gasteiger partial charge >= 0.3 is 0 Å². The average Bonchev–Trinajstić information content (AvgIpc) is 2.96. The van der Waals surface area contributed by atoms with Crippen molar-refractivity contribution in [1.29, 1.82) is 0 Å². The number of aliphatic hydroxyl groups excluding tert-OH is 1. The molecule has 3 aromatic rings. The first-order valence-electron chi connectivity index (χ1n) is 6.43. The first-order valence-corrected chi connectivity index (χ1v) is 6.81. The van der Waals surface area contributed by atoms with Gasteiger partial charge in [-0.25, -0.2) is 0 Å². The van der Waals surface area contributed by atoms with Crippen LogP contribution in [0.1, 0.15) is 12.5 Å². The summed E-state index contributed by atoms with van der Waals surface area (Å²) in [7, 11) is 0. The van der Waals surface area contributed by atoms with Gasteiger partial charge in [0.1, 0.15) is 5.82 Å². The molecule has 1 unspecified atom stereocenters. The van der Waals surface area contributed by atoms with Crippen molar-refractivity contribution in [2.45, 2.75) is 12.5 Å². The minimum Gasteiger partial charge on any atom is -0.394 e. The Balaban J connectivity index is 2.05. The van der Waals surface area contributed by atoms with Crippen molar-refractivity contribution in [3.05, 3.63) is 47.4 Å². The molecule has 2 heterocycles. The van der Waals surface area contributed by atoms with E-state index < -0.39 is 5.54 Å². The Labute approximate surface area is 126 Å². The Kier molecular flexibility index (Phi) is 3.48. The molecule has 3 rings (SSSR count). The maximum absolute atomic E-state index is 9.83. The summed E-state index contributed by atoms with van der Waals surface area (Å²) in [6.45, 7) is 1.79. The molecule has 0 aliphatic heterocycles. The summed E-state index contributed by atoms with van der Waals surface area (Å²) in [5, 5.41) is 20.6. The molecule has 0 aliphatic rings. The smallest absolute Gasteiger partial charge is 0.226 e. The molecule has 1 aromatic carbocycles. The van der Waals surface area contributed by atoms with Crippen LogP contribution >= 0.6 is 11.6 Å². The Bertz CT molecular complexity index is 760. The Morgan fingerprint density at radius 2 is 2.05 bits per heavy atom. The third-order valence-corrected chi connectivity index (χ3v) is 3.57. The van der Waals surface area contributed by atoms with Gasteiger partial charge in [-0.15, -0.1) is 0 Å². The maximum atomic E-state index is 9.83. The van der Waals surface area contributed by atoms with E-state index in [9.17, 15) is 5.11 Å². The van der Waals surface area contributed by atoms with Crippen LogP contribution in [0, 0.1) is 0 Å². The number of aliphatic hydroxyl groups is 1. The van der Waals surface area contributed by atoms with E-state index in [1.165, 1.54) is 0 Å². The predicted molar refractivity (Wildman–Crippen MR) is 81.2 cm³/mol. The molecule has 2 aromatic heterocycles. The lowest BCUT2D eigenvalue weighted by molar-refractivity contribution is 0.224. The number of rotatable bonds is 4. The number of nitrogens with zero attached hydrogens (tertiary/aromatic N) is 3. The van der Waals surface area contributed by atoms with Crippen LogP contribution in [0.25, 0.3) is 11.0 Å². The highest BCUT2D eigenvalue weighted by Crippen LogP contribution is 2.28. The van der Waals surface area contributed by atoms with Gasteiger partial charge in [-0.05, 0) is 24.1 Å². The van der Waals surface area contributed by atoms with E-state index in [-0.39, 0.29) is 11.9 Å². The highest BCUT2D eigenvalue weighted by Gasteiger charge is 2.27. The van der Waals surface area contributed by atoms with E-state index in [0.717, 1.165) is 10.9 Å². The van der Waals surface area contributed by atoms with Gasteiger partial charge in [-0.1, -0.05) is 30.3 Å². The zero-order valence-electron chi connectivity index (χ0n) is 11.3. The topological polar surface area (TPSA) is 86.7 Å². The van der Waals surface area contributed by atoms with E-state index >= 15 is 0 Å². The highest BCUT2D eigenvalue weighted by molar-refractivity contribution is 6.28. The summed E-state index contributed by atoms with van der Waals surface area (Å²) in [6, 6.07) is 9.66. The number of H-pyrrole nitrogens is 1. The van der Waals surface area contributed by atoms with Gasteiger partial charge in [0.2, 0.25) is 5.28 Å². The monoisotopic (exact) mass is 303 g/mol. The molecule has 0 aliphatic carbocycles. The fourth-order valence-electron chi connectivity index (χ4n) is 2.17. The number of aromatic amines is 1. The molecule has 1 atom stereocenters. The summed E-state index contributed by atoms with van der Waals surface area (Å²) < 4.78 is 0. The second-order valence-electron chi connectivity index (χ2n) is 4.95. The highest BCUT2D eigenvalue weighted by atomic mass is 35.5. The summed E-state index contributed by atoms with van der Waals surface area (Å²) in [6.07, 6.45) is 1.62. The summed E-state index contributed by atoms with van der Waals surface area (Å²) in [5.74, 6) is 0.527. The Hall–Kier alpha value is -2.18. The van der Waals surface area contributed by atoms with Crippen LogP contribution in [0.3, 0.4) is 0 Å². The predicted octanol–water partition coefficient (Wildman–Crippen LogP) is 2.33. The van der Waals surface area contributed by atoms with Crippen LogP contribution < -0.4 is 5.32 Å². The number of hydrogen-bond donors (Lipinski definition) is 3.